The summed E-state index contributed by atoms with van der Waals surface area (Å²) in [5.74, 6) is 0.432. The average Bonchev–Trinajstić information content (AvgIpc) is 2.78. The Labute approximate surface area is 179 Å². The molecule has 0 unspecified atom stereocenters. The highest BCUT2D eigenvalue weighted by Crippen LogP contribution is 2.26. The maximum absolute atomic E-state index is 13.2. The molecule has 1 aromatic heterocycles. The Morgan fingerprint density at radius 3 is 2.13 bits per heavy atom. The van der Waals surface area contributed by atoms with Gasteiger partial charge in [0.05, 0.1) is 5.56 Å². The van der Waals surface area contributed by atoms with E-state index in [1.807, 2.05) is 17.9 Å². The minimum Gasteiger partial charge on any atom is -0.438 e. The van der Waals surface area contributed by atoms with E-state index in [2.05, 4.69) is 15.0 Å². The molecule has 0 saturated carbocycles. The molecule has 0 spiro atoms. The second-order valence-electron chi connectivity index (χ2n) is 7.24. The topological polar surface area (TPSA) is 61.2 Å². The Kier molecular flexibility index (Phi) is 5.97. The summed E-state index contributed by atoms with van der Waals surface area (Å²) in [6.45, 7) is 4.38. The van der Waals surface area contributed by atoms with Crippen molar-refractivity contribution < 1.29 is 18.7 Å². The molecule has 8 heteroatoms. The third-order valence-electron chi connectivity index (χ3n) is 5.13. The van der Waals surface area contributed by atoms with Crippen molar-refractivity contribution in [1.82, 2.24) is 9.88 Å². The molecule has 1 N–H and O–H groups in total. The molecule has 1 aliphatic rings. The fourth-order valence-corrected chi connectivity index (χ4v) is 3.51. The van der Waals surface area contributed by atoms with Crippen LogP contribution >= 0.6 is 0 Å². The van der Waals surface area contributed by atoms with Crippen LogP contribution in [0.25, 0.3) is 0 Å². The van der Waals surface area contributed by atoms with Crippen LogP contribution in [0.3, 0.4) is 0 Å². The number of piperazine rings is 1. The van der Waals surface area contributed by atoms with Crippen LogP contribution in [0.5, 0.6) is 11.6 Å². The van der Waals surface area contributed by atoms with Crippen LogP contribution in [0.2, 0.25) is 0 Å². The number of nitrogens with zero attached hydrogens (tertiary/aromatic N) is 4. The van der Waals surface area contributed by atoms with E-state index in [4.69, 9.17) is 4.74 Å². The lowest BCUT2D eigenvalue weighted by Gasteiger charge is -2.37. The first kappa shape index (κ1) is 20.6. The third kappa shape index (κ3) is 4.74. The Hall–Kier alpha value is -3.68. The Morgan fingerprint density at radius 1 is 0.903 bits per heavy atom. The number of aryl methyl sites for hydroxylation is 1. The fraction of sp³-hybridized carbons (Fsp3) is 0.217. The van der Waals surface area contributed by atoms with Gasteiger partial charge in [-0.05, 0) is 67.6 Å². The van der Waals surface area contributed by atoms with Crippen molar-refractivity contribution in [3.05, 3.63) is 83.6 Å². The second-order valence-corrected chi connectivity index (χ2v) is 7.24. The van der Waals surface area contributed by atoms with E-state index in [0.29, 0.717) is 43.3 Å². The summed E-state index contributed by atoms with van der Waals surface area (Å²) in [7, 11) is 0. The Morgan fingerprint density at radius 2 is 1.52 bits per heavy atom. The van der Waals surface area contributed by atoms with E-state index in [1.54, 1.807) is 18.2 Å². The highest BCUT2D eigenvalue weighted by molar-refractivity contribution is 6.00. The minimum atomic E-state index is -0.360. The fourth-order valence-electron chi connectivity index (χ4n) is 3.51. The zero-order valence-electron chi connectivity index (χ0n) is 17.0. The van der Waals surface area contributed by atoms with Crippen LogP contribution < -0.4 is 9.64 Å². The SMILES string of the molecule is Cc1ccc(/C(=N/O)N2CCN(c3ccc(F)cc3)CC2)c(Oc2ccc(F)cc2)n1. The lowest BCUT2D eigenvalue weighted by Crippen LogP contribution is -2.49. The number of aromatic nitrogens is 1. The van der Waals surface area contributed by atoms with Gasteiger partial charge in [0.15, 0.2) is 5.84 Å². The maximum atomic E-state index is 13.2. The Bertz CT molecular complexity index is 1060. The number of benzene rings is 2. The summed E-state index contributed by atoms with van der Waals surface area (Å²) in [5, 5.41) is 13.3. The molecule has 2 aromatic carbocycles. The average molecular weight is 424 g/mol. The molecule has 160 valence electrons. The van der Waals surface area contributed by atoms with E-state index in [1.165, 1.54) is 36.4 Å². The van der Waals surface area contributed by atoms with Crippen LogP contribution in [0.1, 0.15) is 11.3 Å². The summed E-state index contributed by atoms with van der Waals surface area (Å²) in [5.41, 5.74) is 2.22. The van der Waals surface area contributed by atoms with Gasteiger partial charge in [-0.25, -0.2) is 13.8 Å². The molecule has 0 atom stereocenters. The molecule has 6 nitrogen and oxygen atoms in total. The quantitative estimate of drug-likeness (QED) is 0.291. The first-order valence-electron chi connectivity index (χ1n) is 9.92. The van der Waals surface area contributed by atoms with E-state index in [0.717, 1.165) is 11.4 Å². The number of hydrogen-bond acceptors (Lipinski definition) is 5. The monoisotopic (exact) mass is 424 g/mol. The summed E-state index contributed by atoms with van der Waals surface area (Å²) in [6, 6.07) is 15.6. The number of halogens is 2. The van der Waals surface area contributed by atoms with Crippen LogP contribution in [-0.4, -0.2) is 47.1 Å². The highest BCUT2D eigenvalue weighted by Gasteiger charge is 2.25. The van der Waals surface area contributed by atoms with Gasteiger partial charge in [0, 0.05) is 37.6 Å². The smallest absolute Gasteiger partial charge is 0.230 e. The van der Waals surface area contributed by atoms with Gasteiger partial charge in [0.1, 0.15) is 17.4 Å². The molecule has 0 amide bonds. The minimum absolute atomic E-state index is 0.266. The summed E-state index contributed by atoms with van der Waals surface area (Å²) >= 11 is 0. The molecule has 1 aliphatic heterocycles. The molecule has 1 fully saturated rings. The molecular formula is C23H22F2N4O2. The molecule has 0 radical (unpaired) electrons. The maximum Gasteiger partial charge on any atom is 0.230 e. The van der Waals surface area contributed by atoms with Gasteiger partial charge >= 0.3 is 0 Å². The van der Waals surface area contributed by atoms with Crippen LogP contribution in [0.4, 0.5) is 14.5 Å². The summed E-state index contributed by atoms with van der Waals surface area (Å²) < 4.78 is 32.3. The van der Waals surface area contributed by atoms with Gasteiger partial charge < -0.3 is 19.7 Å². The first-order chi connectivity index (χ1) is 15.0. The number of amidine groups is 1. The number of pyridine rings is 1. The molecule has 31 heavy (non-hydrogen) atoms. The van der Waals surface area contributed by atoms with Crippen molar-refractivity contribution in [2.24, 2.45) is 5.16 Å². The largest absolute Gasteiger partial charge is 0.438 e. The van der Waals surface area contributed by atoms with Crippen molar-refractivity contribution in [3.63, 3.8) is 0 Å². The van der Waals surface area contributed by atoms with E-state index in [9.17, 15) is 14.0 Å². The normalized spacial score (nSPS) is 14.6. The zero-order chi connectivity index (χ0) is 21.8. The predicted molar refractivity (Wildman–Crippen MR) is 114 cm³/mol. The van der Waals surface area contributed by atoms with Crippen molar-refractivity contribution in [2.75, 3.05) is 31.1 Å². The summed E-state index contributed by atoms with van der Waals surface area (Å²) in [6.07, 6.45) is 0. The van der Waals surface area contributed by atoms with Gasteiger partial charge in [0.2, 0.25) is 5.88 Å². The van der Waals surface area contributed by atoms with E-state index < -0.39 is 0 Å². The van der Waals surface area contributed by atoms with Crippen molar-refractivity contribution in [1.29, 1.82) is 0 Å². The molecule has 0 bridgehead atoms. The van der Waals surface area contributed by atoms with Gasteiger partial charge in [-0.1, -0.05) is 5.16 Å². The number of rotatable bonds is 4. The van der Waals surface area contributed by atoms with Gasteiger partial charge in [-0.2, -0.15) is 0 Å². The zero-order valence-corrected chi connectivity index (χ0v) is 17.0. The van der Waals surface area contributed by atoms with Gasteiger partial charge in [-0.15, -0.1) is 0 Å². The van der Waals surface area contributed by atoms with Crippen LogP contribution in [-0.2, 0) is 0 Å². The van der Waals surface area contributed by atoms with Crippen molar-refractivity contribution in [2.45, 2.75) is 6.92 Å². The molecule has 2 heterocycles. The number of hydrogen-bond donors (Lipinski definition) is 1. The second kappa shape index (κ2) is 8.99. The predicted octanol–water partition coefficient (Wildman–Crippen LogP) is 4.42. The lowest BCUT2D eigenvalue weighted by atomic mass is 10.1. The van der Waals surface area contributed by atoms with E-state index in [-0.39, 0.29) is 17.5 Å². The molecule has 0 aliphatic carbocycles. The van der Waals surface area contributed by atoms with E-state index >= 15 is 0 Å². The molecule has 1 saturated heterocycles. The molecule has 3 aromatic rings. The van der Waals surface area contributed by atoms with Crippen molar-refractivity contribution >= 4 is 11.5 Å². The summed E-state index contributed by atoms with van der Waals surface area (Å²) in [4.78, 5) is 8.54. The molecular weight excluding hydrogens is 402 g/mol. The number of oxime groups is 1. The third-order valence-corrected chi connectivity index (χ3v) is 5.13. The van der Waals surface area contributed by atoms with Gasteiger partial charge in [-0.3, -0.25) is 0 Å². The Balaban J connectivity index is 1.53. The highest BCUT2D eigenvalue weighted by atomic mass is 19.1. The number of anilines is 1. The first-order valence-corrected chi connectivity index (χ1v) is 9.92. The van der Waals surface area contributed by atoms with Gasteiger partial charge in [0.25, 0.3) is 0 Å². The van der Waals surface area contributed by atoms with Crippen LogP contribution in [0.15, 0.2) is 65.8 Å². The molecule has 4 rings (SSSR count). The lowest BCUT2D eigenvalue weighted by molar-refractivity contribution is 0.295. The standard InChI is InChI=1S/C23H22F2N4O2/c1-16-2-11-21(23(26-16)31-20-9-5-18(25)6-10-20)22(27-30)29-14-12-28(13-15-29)19-7-3-17(24)4-8-19/h2-11,30H,12-15H2,1H3/b27-22-. The van der Waals surface area contributed by atoms with Crippen molar-refractivity contribution in [3.8, 4) is 11.6 Å². The van der Waals surface area contributed by atoms with Crippen LogP contribution in [0, 0.1) is 18.6 Å². The number of ether oxygens (including phenoxy) is 1.